The van der Waals surface area contributed by atoms with Crippen LogP contribution in [0.15, 0.2) is 77.7 Å². The van der Waals surface area contributed by atoms with Gasteiger partial charge in [0.2, 0.25) is 0 Å². The smallest absolute Gasteiger partial charge is 0.261 e. The number of carbonyl (C=O) groups is 1. The topological polar surface area (TPSA) is 75.3 Å². The van der Waals surface area contributed by atoms with Crippen molar-refractivity contribution in [3.05, 3.63) is 88.4 Å². The second-order valence-corrected chi connectivity index (χ2v) is 8.10. The molecule has 3 aromatic rings. The van der Waals surface area contributed by atoms with E-state index in [-0.39, 0.29) is 21.2 Å². The molecule has 2 N–H and O–H groups in total. The molecule has 0 heterocycles. The fourth-order valence-corrected chi connectivity index (χ4v) is 3.88. The predicted octanol–water partition coefficient (Wildman–Crippen LogP) is 5.05. The Labute approximate surface area is 167 Å². The van der Waals surface area contributed by atoms with Crippen LogP contribution in [0.3, 0.4) is 0 Å². The van der Waals surface area contributed by atoms with Crippen molar-refractivity contribution in [3.8, 4) is 0 Å². The molecular formula is C19H14Cl2N2O3S. The summed E-state index contributed by atoms with van der Waals surface area (Å²) < 4.78 is 27.6. The van der Waals surface area contributed by atoms with Crippen molar-refractivity contribution in [2.75, 3.05) is 10.0 Å². The van der Waals surface area contributed by atoms with Crippen LogP contribution in [0.1, 0.15) is 10.4 Å². The van der Waals surface area contributed by atoms with E-state index in [0.29, 0.717) is 10.7 Å². The van der Waals surface area contributed by atoms with Gasteiger partial charge in [0.05, 0.1) is 15.6 Å². The molecule has 0 bridgehead atoms. The SMILES string of the molecule is O=C(Nc1cccc(Cl)c1)c1cccc(S(=O)(=O)Nc2ccccc2Cl)c1. The van der Waals surface area contributed by atoms with Gasteiger partial charge >= 0.3 is 0 Å². The molecular weight excluding hydrogens is 407 g/mol. The first-order valence-corrected chi connectivity index (χ1v) is 10.0. The molecule has 0 radical (unpaired) electrons. The molecule has 3 rings (SSSR count). The quantitative estimate of drug-likeness (QED) is 0.606. The monoisotopic (exact) mass is 420 g/mol. The summed E-state index contributed by atoms with van der Waals surface area (Å²) in [6.07, 6.45) is 0. The summed E-state index contributed by atoms with van der Waals surface area (Å²) in [6.45, 7) is 0. The first kappa shape index (κ1) is 19.2. The zero-order valence-electron chi connectivity index (χ0n) is 13.8. The molecule has 0 aliphatic heterocycles. The zero-order chi connectivity index (χ0) is 19.4. The molecule has 0 fully saturated rings. The molecule has 3 aromatic carbocycles. The fraction of sp³-hybridized carbons (Fsp3) is 0. The van der Waals surface area contributed by atoms with Gasteiger partial charge in [0, 0.05) is 16.3 Å². The van der Waals surface area contributed by atoms with Crippen LogP contribution >= 0.6 is 23.2 Å². The molecule has 0 aliphatic carbocycles. The van der Waals surface area contributed by atoms with Gasteiger partial charge in [0.25, 0.3) is 15.9 Å². The lowest BCUT2D eigenvalue weighted by molar-refractivity contribution is 0.102. The summed E-state index contributed by atoms with van der Waals surface area (Å²) in [6, 6.07) is 18.9. The number of halogens is 2. The summed E-state index contributed by atoms with van der Waals surface area (Å²) >= 11 is 11.9. The summed E-state index contributed by atoms with van der Waals surface area (Å²) in [5.74, 6) is -0.452. The third-order valence-electron chi connectivity index (χ3n) is 3.61. The van der Waals surface area contributed by atoms with Crippen molar-refractivity contribution < 1.29 is 13.2 Å². The van der Waals surface area contributed by atoms with E-state index in [2.05, 4.69) is 10.0 Å². The molecule has 0 saturated heterocycles. The fourth-order valence-electron chi connectivity index (χ4n) is 2.32. The number of para-hydroxylation sites is 1. The molecule has 27 heavy (non-hydrogen) atoms. The number of carbonyl (C=O) groups excluding carboxylic acids is 1. The minimum absolute atomic E-state index is 0.0545. The maximum absolute atomic E-state index is 12.6. The second kappa shape index (κ2) is 8.00. The van der Waals surface area contributed by atoms with Crippen LogP contribution in [0.25, 0.3) is 0 Å². The molecule has 1 amide bonds. The van der Waals surface area contributed by atoms with E-state index < -0.39 is 15.9 Å². The number of anilines is 2. The molecule has 0 aliphatic rings. The van der Waals surface area contributed by atoms with Gasteiger partial charge in [-0.2, -0.15) is 0 Å². The number of nitrogens with one attached hydrogen (secondary N) is 2. The predicted molar refractivity (Wildman–Crippen MR) is 108 cm³/mol. The average molecular weight is 421 g/mol. The van der Waals surface area contributed by atoms with Crippen molar-refractivity contribution in [3.63, 3.8) is 0 Å². The van der Waals surface area contributed by atoms with E-state index in [1.807, 2.05) is 0 Å². The Morgan fingerprint density at radius 1 is 0.852 bits per heavy atom. The van der Waals surface area contributed by atoms with E-state index in [1.54, 1.807) is 48.5 Å². The molecule has 138 valence electrons. The van der Waals surface area contributed by atoms with Crippen LogP contribution in [-0.2, 0) is 10.0 Å². The lowest BCUT2D eigenvalue weighted by Crippen LogP contribution is -2.16. The largest absolute Gasteiger partial charge is 0.322 e. The van der Waals surface area contributed by atoms with Crippen LogP contribution in [-0.4, -0.2) is 14.3 Å². The minimum atomic E-state index is -3.91. The molecule has 0 atom stereocenters. The molecule has 8 heteroatoms. The van der Waals surface area contributed by atoms with E-state index >= 15 is 0 Å². The highest BCUT2D eigenvalue weighted by Crippen LogP contribution is 2.24. The van der Waals surface area contributed by atoms with Gasteiger partial charge in [-0.05, 0) is 48.5 Å². The lowest BCUT2D eigenvalue weighted by atomic mass is 10.2. The van der Waals surface area contributed by atoms with Crippen molar-refractivity contribution in [2.45, 2.75) is 4.90 Å². The van der Waals surface area contributed by atoms with Gasteiger partial charge in [0.15, 0.2) is 0 Å². The first-order chi connectivity index (χ1) is 12.8. The third kappa shape index (κ3) is 4.80. The zero-order valence-corrected chi connectivity index (χ0v) is 16.1. The normalized spacial score (nSPS) is 11.0. The van der Waals surface area contributed by atoms with Crippen molar-refractivity contribution >= 4 is 50.5 Å². The second-order valence-electron chi connectivity index (χ2n) is 5.58. The van der Waals surface area contributed by atoms with Gasteiger partial charge in [-0.15, -0.1) is 0 Å². The average Bonchev–Trinajstić information content (AvgIpc) is 2.64. The number of hydrogen-bond donors (Lipinski definition) is 2. The summed E-state index contributed by atoms with van der Waals surface area (Å²) in [5, 5.41) is 3.43. The van der Waals surface area contributed by atoms with E-state index in [9.17, 15) is 13.2 Å². The van der Waals surface area contributed by atoms with Crippen LogP contribution in [0.4, 0.5) is 11.4 Å². The van der Waals surface area contributed by atoms with Crippen LogP contribution < -0.4 is 10.0 Å². The maximum Gasteiger partial charge on any atom is 0.261 e. The molecule has 0 saturated carbocycles. The molecule has 5 nitrogen and oxygen atoms in total. The molecule has 0 aromatic heterocycles. The lowest BCUT2D eigenvalue weighted by Gasteiger charge is -2.11. The Kier molecular flexibility index (Phi) is 5.70. The van der Waals surface area contributed by atoms with Gasteiger partial charge < -0.3 is 5.32 Å². The Bertz CT molecular complexity index is 1100. The van der Waals surface area contributed by atoms with E-state index in [4.69, 9.17) is 23.2 Å². The number of hydrogen-bond acceptors (Lipinski definition) is 3. The summed E-state index contributed by atoms with van der Waals surface area (Å²) in [5.41, 5.74) is 0.958. The minimum Gasteiger partial charge on any atom is -0.322 e. The number of sulfonamides is 1. The summed E-state index contributed by atoms with van der Waals surface area (Å²) in [4.78, 5) is 12.4. The first-order valence-electron chi connectivity index (χ1n) is 7.79. The van der Waals surface area contributed by atoms with E-state index in [0.717, 1.165) is 0 Å². The van der Waals surface area contributed by atoms with Gasteiger partial charge in [-0.1, -0.05) is 47.5 Å². The highest BCUT2D eigenvalue weighted by molar-refractivity contribution is 7.92. The highest BCUT2D eigenvalue weighted by atomic mass is 35.5. The Balaban J connectivity index is 1.84. The number of rotatable bonds is 5. The number of amides is 1. The standard InChI is InChI=1S/C19H14Cl2N2O3S/c20-14-6-4-7-15(12-14)22-19(24)13-5-3-8-16(11-13)27(25,26)23-18-10-2-1-9-17(18)21/h1-12,23H,(H,22,24). The van der Waals surface area contributed by atoms with Crippen LogP contribution in [0.2, 0.25) is 10.0 Å². The van der Waals surface area contributed by atoms with E-state index in [1.165, 1.54) is 24.3 Å². The Hall–Kier alpha value is -2.54. The van der Waals surface area contributed by atoms with Gasteiger partial charge in [-0.25, -0.2) is 8.42 Å². The van der Waals surface area contributed by atoms with Gasteiger partial charge in [0.1, 0.15) is 0 Å². The third-order valence-corrected chi connectivity index (χ3v) is 5.54. The van der Waals surface area contributed by atoms with Crippen molar-refractivity contribution in [1.29, 1.82) is 0 Å². The van der Waals surface area contributed by atoms with Crippen LogP contribution in [0.5, 0.6) is 0 Å². The number of benzene rings is 3. The maximum atomic E-state index is 12.6. The van der Waals surface area contributed by atoms with Gasteiger partial charge in [-0.3, -0.25) is 9.52 Å². The molecule has 0 spiro atoms. The Morgan fingerprint density at radius 2 is 1.59 bits per heavy atom. The summed E-state index contributed by atoms with van der Waals surface area (Å²) in [7, 11) is -3.91. The highest BCUT2D eigenvalue weighted by Gasteiger charge is 2.17. The van der Waals surface area contributed by atoms with Crippen molar-refractivity contribution in [2.24, 2.45) is 0 Å². The Morgan fingerprint density at radius 3 is 2.33 bits per heavy atom. The van der Waals surface area contributed by atoms with Crippen molar-refractivity contribution in [1.82, 2.24) is 0 Å². The van der Waals surface area contributed by atoms with Crippen LogP contribution in [0, 0.1) is 0 Å². The molecule has 0 unspecified atom stereocenters.